The predicted octanol–water partition coefficient (Wildman–Crippen LogP) is 3.11. The van der Waals surface area contributed by atoms with Crippen molar-refractivity contribution in [2.24, 2.45) is 0 Å². The molecule has 2 aromatic rings. The van der Waals surface area contributed by atoms with E-state index in [2.05, 4.69) is 36.4 Å². The van der Waals surface area contributed by atoms with Crippen LogP contribution in [0.15, 0.2) is 36.5 Å². The van der Waals surface area contributed by atoms with Gasteiger partial charge in [-0.2, -0.15) is 5.10 Å². The third-order valence-electron chi connectivity index (χ3n) is 3.54. The van der Waals surface area contributed by atoms with Crippen LogP contribution in [0.2, 0.25) is 0 Å². The highest BCUT2D eigenvalue weighted by molar-refractivity contribution is 5.29. The first-order valence-electron chi connectivity index (χ1n) is 7.04. The average Bonchev–Trinajstić information content (AvgIpc) is 2.91. The molecule has 1 aromatic heterocycles. The van der Waals surface area contributed by atoms with Crippen molar-refractivity contribution >= 4 is 0 Å². The minimum atomic E-state index is 0.227. The lowest BCUT2D eigenvalue weighted by molar-refractivity contribution is 0.357. The molecule has 0 aliphatic heterocycles. The molecule has 2 atom stereocenters. The Kier molecular flexibility index (Phi) is 4.79. The van der Waals surface area contributed by atoms with Gasteiger partial charge in [-0.25, -0.2) is 0 Å². The van der Waals surface area contributed by atoms with Gasteiger partial charge in [0.05, 0.1) is 24.9 Å². The third-order valence-corrected chi connectivity index (χ3v) is 3.54. The fourth-order valence-electron chi connectivity index (χ4n) is 2.41. The fourth-order valence-corrected chi connectivity index (χ4v) is 2.41. The van der Waals surface area contributed by atoms with E-state index in [0.29, 0.717) is 0 Å². The molecule has 0 spiro atoms. The summed E-state index contributed by atoms with van der Waals surface area (Å²) < 4.78 is 7.24. The molecule has 0 aliphatic carbocycles. The first kappa shape index (κ1) is 14.6. The molecule has 20 heavy (non-hydrogen) atoms. The molecule has 0 bridgehead atoms. The molecule has 108 valence electrons. The van der Waals surface area contributed by atoms with Gasteiger partial charge in [0, 0.05) is 6.20 Å². The summed E-state index contributed by atoms with van der Waals surface area (Å²) in [6.45, 7) is 7.24. The van der Waals surface area contributed by atoms with Crippen LogP contribution in [0, 0.1) is 6.92 Å². The normalized spacial score (nSPS) is 14.0. The molecule has 1 aromatic carbocycles. The summed E-state index contributed by atoms with van der Waals surface area (Å²) in [5.41, 5.74) is 2.29. The molecule has 2 rings (SSSR count). The highest BCUT2D eigenvalue weighted by atomic mass is 16.5. The van der Waals surface area contributed by atoms with E-state index in [1.807, 2.05) is 36.0 Å². The van der Waals surface area contributed by atoms with Crippen LogP contribution in [0.25, 0.3) is 0 Å². The summed E-state index contributed by atoms with van der Waals surface area (Å²) >= 11 is 0. The third kappa shape index (κ3) is 3.20. The number of hydrogen-bond acceptors (Lipinski definition) is 3. The number of aryl methyl sites for hydroxylation is 1. The van der Waals surface area contributed by atoms with Gasteiger partial charge in [-0.1, -0.05) is 19.1 Å². The number of methoxy groups -OCH3 is 1. The van der Waals surface area contributed by atoms with E-state index in [9.17, 15) is 0 Å². The number of hydrogen-bond donors (Lipinski definition) is 1. The number of aromatic nitrogens is 2. The van der Waals surface area contributed by atoms with Gasteiger partial charge in [0.15, 0.2) is 0 Å². The summed E-state index contributed by atoms with van der Waals surface area (Å²) in [5, 5.41) is 8.07. The predicted molar refractivity (Wildman–Crippen MR) is 81.1 cm³/mol. The second kappa shape index (κ2) is 6.57. The van der Waals surface area contributed by atoms with Crippen molar-refractivity contribution in [3.8, 4) is 5.75 Å². The van der Waals surface area contributed by atoms with Crippen LogP contribution in [-0.2, 0) is 0 Å². The second-order valence-corrected chi connectivity index (χ2v) is 4.99. The lowest BCUT2D eigenvalue weighted by Crippen LogP contribution is -2.29. The standard InChI is InChI=1S/C16H23N3O/c1-5-17-16(13(3)19-11-10-12(2)18-19)14-6-8-15(20-4)9-7-14/h6-11,13,16-17H,5H2,1-4H3. The SMILES string of the molecule is CCNC(c1ccc(OC)cc1)C(C)n1ccc(C)n1. The van der Waals surface area contributed by atoms with E-state index < -0.39 is 0 Å². The number of benzene rings is 1. The topological polar surface area (TPSA) is 39.1 Å². The van der Waals surface area contributed by atoms with Gasteiger partial charge in [0.25, 0.3) is 0 Å². The van der Waals surface area contributed by atoms with E-state index in [-0.39, 0.29) is 12.1 Å². The first-order valence-corrected chi connectivity index (χ1v) is 7.04. The zero-order valence-electron chi connectivity index (χ0n) is 12.6. The highest BCUT2D eigenvalue weighted by Gasteiger charge is 2.20. The largest absolute Gasteiger partial charge is 0.497 e. The van der Waals surface area contributed by atoms with Gasteiger partial charge in [-0.3, -0.25) is 4.68 Å². The molecule has 0 saturated heterocycles. The molecule has 0 aliphatic rings. The van der Waals surface area contributed by atoms with Gasteiger partial charge >= 0.3 is 0 Å². The van der Waals surface area contributed by atoms with Gasteiger partial charge in [-0.05, 0) is 44.2 Å². The maximum atomic E-state index is 5.22. The minimum absolute atomic E-state index is 0.227. The van der Waals surface area contributed by atoms with Crippen molar-refractivity contribution in [1.82, 2.24) is 15.1 Å². The Morgan fingerprint density at radius 3 is 2.45 bits per heavy atom. The number of likely N-dealkylation sites (N-methyl/N-ethyl adjacent to an activating group) is 1. The summed E-state index contributed by atoms with van der Waals surface area (Å²) in [7, 11) is 1.69. The first-order chi connectivity index (χ1) is 9.65. The molecule has 0 saturated carbocycles. The molecule has 1 heterocycles. The number of ether oxygens (including phenoxy) is 1. The Bertz CT molecular complexity index is 533. The summed E-state index contributed by atoms with van der Waals surface area (Å²) in [4.78, 5) is 0. The van der Waals surface area contributed by atoms with Crippen LogP contribution in [-0.4, -0.2) is 23.4 Å². The lowest BCUT2D eigenvalue weighted by Gasteiger charge is -2.26. The zero-order chi connectivity index (χ0) is 14.5. The minimum Gasteiger partial charge on any atom is -0.497 e. The van der Waals surface area contributed by atoms with E-state index in [1.165, 1.54) is 5.56 Å². The van der Waals surface area contributed by atoms with Gasteiger partial charge in [-0.15, -0.1) is 0 Å². The van der Waals surface area contributed by atoms with E-state index in [0.717, 1.165) is 18.0 Å². The lowest BCUT2D eigenvalue weighted by atomic mass is 10.0. The fraction of sp³-hybridized carbons (Fsp3) is 0.438. The number of nitrogens with zero attached hydrogens (tertiary/aromatic N) is 2. The summed E-state index contributed by atoms with van der Waals surface area (Å²) in [6.07, 6.45) is 2.04. The summed E-state index contributed by atoms with van der Waals surface area (Å²) in [6, 6.07) is 10.7. The maximum absolute atomic E-state index is 5.22. The molecule has 4 heteroatoms. The molecule has 0 amide bonds. The zero-order valence-corrected chi connectivity index (χ0v) is 12.6. The molecule has 1 N–H and O–H groups in total. The van der Waals surface area contributed by atoms with Crippen molar-refractivity contribution in [2.45, 2.75) is 32.9 Å². The van der Waals surface area contributed by atoms with E-state index >= 15 is 0 Å². The summed E-state index contributed by atoms with van der Waals surface area (Å²) in [5.74, 6) is 0.881. The molecule has 4 nitrogen and oxygen atoms in total. The van der Waals surface area contributed by atoms with Gasteiger partial charge < -0.3 is 10.1 Å². The molecule has 2 unspecified atom stereocenters. The molecular formula is C16H23N3O. The van der Waals surface area contributed by atoms with Crippen LogP contribution in [0.4, 0.5) is 0 Å². The van der Waals surface area contributed by atoms with Gasteiger partial charge in [0.1, 0.15) is 5.75 Å². The monoisotopic (exact) mass is 273 g/mol. The molecular weight excluding hydrogens is 250 g/mol. The van der Waals surface area contributed by atoms with Crippen LogP contribution in [0.1, 0.15) is 37.2 Å². The number of nitrogens with one attached hydrogen (secondary N) is 1. The second-order valence-electron chi connectivity index (χ2n) is 4.99. The van der Waals surface area contributed by atoms with Crippen LogP contribution in [0.5, 0.6) is 5.75 Å². The highest BCUT2D eigenvalue weighted by Crippen LogP contribution is 2.27. The van der Waals surface area contributed by atoms with Crippen molar-refractivity contribution in [3.63, 3.8) is 0 Å². The maximum Gasteiger partial charge on any atom is 0.118 e. The van der Waals surface area contributed by atoms with Gasteiger partial charge in [0.2, 0.25) is 0 Å². The van der Waals surface area contributed by atoms with Crippen LogP contribution < -0.4 is 10.1 Å². The Morgan fingerprint density at radius 1 is 1.25 bits per heavy atom. The molecule has 0 fully saturated rings. The quantitative estimate of drug-likeness (QED) is 0.879. The molecule has 0 radical (unpaired) electrons. The Morgan fingerprint density at radius 2 is 1.95 bits per heavy atom. The Labute approximate surface area is 120 Å². The van der Waals surface area contributed by atoms with Crippen LogP contribution in [0.3, 0.4) is 0 Å². The smallest absolute Gasteiger partial charge is 0.118 e. The Hall–Kier alpha value is -1.81. The number of rotatable bonds is 6. The Balaban J connectivity index is 2.24. The van der Waals surface area contributed by atoms with Crippen molar-refractivity contribution in [3.05, 3.63) is 47.8 Å². The van der Waals surface area contributed by atoms with Crippen molar-refractivity contribution in [1.29, 1.82) is 0 Å². The average molecular weight is 273 g/mol. The van der Waals surface area contributed by atoms with Crippen LogP contribution >= 0.6 is 0 Å². The van der Waals surface area contributed by atoms with E-state index in [1.54, 1.807) is 7.11 Å². The van der Waals surface area contributed by atoms with Crippen molar-refractivity contribution < 1.29 is 4.74 Å². The van der Waals surface area contributed by atoms with Crippen molar-refractivity contribution in [2.75, 3.05) is 13.7 Å². The van der Waals surface area contributed by atoms with E-state index in [4.69, 9.17) is 4.74 Å².